The molecule has 0 atom stereocenters. The molecule has 2 heterocycles. The molecule has 1 aromatic heterocycles. The first-order valence-electron chi connectivity index (χ1n) is 9.92. The van der Waals surface area contributed by atoms with E-state index >= 15 is 0 Å². The number of rotatable bonds is 7. The second-order valence-electron chi connectivity index (χ2n) is 7.31. The molecule has 6 nitrogen and oxygen atoms in total. The van der Waals surface area contributed by atoms with Crippen LogP contribution in [0.25, 0.3) is 9.65 Å². The molecule has 1 aliphatic rings. The van der Waals surface area contributed by atoms with E-state index in [-0.39, 0.29) is 20.3 Å². The minimum atomic E-state index is 0.00109. The van der Waals surface area contributed by atoms with Crippen LogP contribution in [0.2, 0.25) is 0 Å². The Labute approximate surface area is 177 Å². The summed E-state index contributed by atoms with van der Waals surface area (Å²) >= 11 is 0.00109. The zero-order valence-corrected chi connectivity index (χ0v) is 18.7. The summed E-state index contributed by atoms with van der Waals surface area (Å²) < 4.78 is 13.8. The van der Waals surface area contributed by atoms with Crippen molar-refractivity contribution in [3.8, 4) is 11.5 Å². The van der Waals surface area contributed by atoms with Crippen LogP contribution in [0.5, 0.6) is 11.5 Å². The van der Waals surface area contributed by atoms with E-state index in [0.29, 0.717) is 11.5 Å². The van der Waals surface area contributed by atoms with Crippen LogP contribution in [0, 0.1) is 0 Å². The molecule has 0 aliphatic carbocycles. The number of benzene rings is 2. The fraction of sp³-hybridized carbons (Fsp3) is 0.409. The third kappa shape index (κ3) is 4.59. The number of aromatic nitrogens is 1. The van der Waals surface area contributed by atoms with Crippen molar-refractivity contribution in [2.75, 3.05) is 46.9 Å². The fourth-order valence-corrected chi connectivity index (χ4v) is 5.88. The molecule has 0 saturated carbocycles. The molecule has 3 aromatic rings. The molecule has 0 radical (unpaired) electrons. The van der Waals surface area contributed by atoms with Crippen LogP contribution < -0.4 is 15.0 Å². The van der Waals surface area contributed by atoms with Crippen LogP contribution in [0.4, 0.5) is 0 Å². The van der Waals surface area contributed by atoms with E-state index in [1.54, 1.807) is 14.2 Å². The molecular formula is C22H27N3O3Se. The Bertz CT molecular complexity index is 1010. The van der Waals surface area contributed by atoms with Gasteiger partial charge in [0.1, 0.15) is 0 Å². The van der Waals surface area contributed by atoms with Crippen LogP contribution in [0.3, 0.4) is 0 Å². The average Bonchev–Trinajstić information content (AvgIpc) is 3.07. The van der Waals surface area contributed by atoms with E-state index < -0.39 is 0 Å². The first kappa shape index (κ1) is 20.2. The summed E-state index contributed by atoms with van der Waals surface area (Å²) in [5.41, 5.74) is 1.48. The molecule has 0 unspecified atom stereocenters. The molecular weight excluding hydrogens is 433 g/mol. The summed E-state index contributed by atoms with van der Waals surface area (Å²) in [6.45, 7) is 6.96. The monoisotopic (exact) mass is 461 g/mol. The second-order valence-corrected chi connectivity index (χ2v) is 9.54. The van der Waals surface area contributed by atoms with Gasteiger partial charge in [0.25, 0.3) is 0 Å². The van der Waals surface area contributed by atoms with Crippen LogP contribution in [0.1, 0.15) is 5.56 Å². The van der Waals surface area contributed by atoms with Crippen molar-refractivity contribution < 1.29 is 9.47 Å². The Morgan fingerprint density at radius 2 is 1.55 bits per heavy atom. The van der Waals surface area contributed by atoms with Gasteiger partial charge >= 0.3 is 177 Å². The molecule has 154 valence electrons. The number of methoxy groups -OCH3 is 2. The van der Waals surface area contributed by atoms with Gasteiger partial charge in [0.05, 0.1) is 0 Å². The molecule has 0 bridgehead atoms. The molecule has 29 heavy (non-hydrogen) atoms. The summed E-state index contributed by atoms with van der Waals surface area (Å²) in [5, 5.41) is 0.760. The van der Waals surface area contributed by atoms with Gasteiger partial charge in [0.2, 0.25) is 0 Å². The van der Waals surface area contributed by atoms with Crippen LogP contribution >= 0.6 is 0 Å². The number of hydrogen-bond acceptors (Lipinski definition) is 5. The molecule has 1 saturated heterocycles. The number of ether oxygens (including phenoxy) is 2. The van der Waals surface area contributed by atoms with E-state index in [2.05, 4.69) is 40.1 Å². The van der Waals surface area contributed by atoms with Crippen molar-refractivity contribution in [3.63, 3.8) is 0 Å². The molecule has 4 rings (SSSR count). The van der Waals surface area contributed by atoms with Gasteiger partial charge in [0.15, 0.2) is 0 Å². The molecule has 0 N–H and O–H groups in total. The van der Waals surface area contributed by atoms with Crippen LogP contribution in [-0.2, 0) is 13.1 Å². The van der Waals surface area contributed by atoms with Crippen molar-refractivity contribution in [3.05, 3.63) is 58.4 Å². The third-order valence-corrected chi connectivity index (χ3v) is 7.80. The van der Waals surface area contributed by atoms with Crippen LogP contribution in [0.15, 0.2) is 47.3 Å². The summed E-state index contributed by atoms with van der Waals surface area (Å²) in [7, 11) is 3.23. The zero-order chi connectivity index (χ0) is 20.2. The van der Waals surface area contributed by atoms with E-state index in [0.717, 1.165) is 55.5 Å². The predicted octanol–water partition coefficient (Wildman–Crippen LogP) is 1.89. The van der Waals surface area contributed by atoms with E-state index in [1.807, 2.05) is 15.7 Å². The quantitative estimate of drug-likeness (QED) is 0.504. The van der Waals surface area contributed by atoms with Gasteiger partial charge in [-0.25, -0.2) is 0 Å². The number of hydrogen-bond donors (Lipinski definition) is 0. The molecule has 1 aliphatic heterocycles. The Morgan fingerprint density at radius 1 is 0.897 bits per heavy atom. The van der Waals surface area contributed by atoms with Crippen LogP contribution in [-0.4, -0.2) is 75.0 Å². The van der Waals surface area contributed by atoms with Gasteiger partial charge in [-0.05, 0) is 0 Å². The van der Waals surface area contributed by atoms with E-state index in [4.69, 9.17) is 9.47 Å². The molecule has 7 heteroatoms. The van der Waals surface area contributed by atoms with Gasteiger partial charge in [-0.2, -0.15) is 0 Å². The SMILES string of the molecule is COc1cc2[se]n(CCN3CCN(Cc4ccccc4)CC3)c(=O)c2cc1OC. The maximum atomic E-state index is 12.8. The Balaban J connectivity index is 1.35. The summed E-state index contributed by atoms with van der Waals surface area (Å²) in [6, 6.07) is 14.4. The van der Waals surface area contributed by atoms with E-state index in [9.17, 15) is 4.79 Å². The van der Waals surface area contributed by atoms with Crippen molar-refractivity contribution >= 4 is 24.4 Å². The molecule has 0 amide bonds. The first-order valence-corrected chi connectivity index (χ1v) is 11.5. The normalized spacial score (nSPS) is 15.7. The number of fused-ring (bicyclic) bond motifs is 1. The van der Waals surface area contributed by atoms with Gasteiger partial charge in [-0.15, -0.1) is 0 Å². The molecule has 0 spiro atoms. The number of nitrogens with zero attached hydrogens (tertiary/aromatic N) is 3. The first-order chi connectivity index (χ1) is 14.2. The van der Waals surface area contributed by atoms with Gasteiger partial charge < -0.3 is 0 Å². The number of piperazine rings is 1. The summed E-state index contributed by atoms with van der Waals surface area (Å²) in [6.07, 6.45) is 0. The van der Waals surface area contributed by atoms with Crippen molar-refractivity contribution in [1.82, 2.24) is 13.4 Å². The molecule has 1 fully saturated rings. The standard InChI is InChI=1S/C22H27N3O3Se/c1-27-19-14-18-21(15-20(19)28-2)29-25(22(18)26)13-12-23-8-10-24(11-9-23)16-17-6-4-3-5-7-17/h3-7,14-15H,8-13,16H2,1-2H3. The predicted molar refractivity (Wildman–Crippen MR) is 116 cm³/mol. The van der Waals surface area contributed by atoms with Crippen molar-refractivity contribution in [2.24, 2.45) is 0 Å². The van der Waals surface area contributed by atoms with Gasteiger partial charge in [-0.3, -0.25) is 0 Å². The van der Waals surface area contributed by atoms with Gasteiger partial charge in [-0.1, -0.05) is 0 Å². The summed E-state index contributed by atoms with van der Waals surface area (Å²) in [4.78, 5) is 17.8. The van der Waals surface area contributed by atoms with Crippen molar-refractivity contribution in [1.29, 1.82) is 0 Å². The fourth-order valence-electron chi connectivity index (χ4n) is 3.79. The third-order valence-electron chi connectivity index (χ3n) is 5.48. The minimum absolute atomic E-state index is 0.00109. The zero-order valence-electron chi connectivity index (χ0n) is 17.0. The van der Waals surface area contributed by atoms with Crippen molar-refractivity contribution in [2.45, 2.75) is 13.1 Å². The Hall–Kier alpha value is -2.05. The molecule has 2 aromatic carbocycles. The Morgan fingerprint density at radius 3 is 2.24 bits per heavy atom. The second kappa shape index (κ2) is 9.18. The average molecular weight is 460 g/mol. The Kier molecular flexibility index (Phi) is 6.40. The maximum absolute atomic E-state index is 12.8. The summed E-state index contributed by atoms with van der Waals surface area (Å²) in [5.74, 6) is 1.31. The van der Waals surface area contributed by atoms with E-state index in [1.165, 1.54) is 5.56 Å². The van der Waals surface area contributed by atoms with Gasteiger partial charge in [0, 0.05) is 0 Å². The topological polar surface area (TPSA) is 46.9 Å².